The molecule has 1 aromatic carbocycles. The van der Waals surface area contributed by atoms with Crippen molar-refractivity contribution in [3.8, 4) is 0 Å². The average Bonchev–Trinajstić information content (AvgIpc) is 2.98. The zero-order valence-corrected chi connectivity index (χ0v) is 10.6. The molecule has 1 aromatic heterocycles. The van der Waals surface area contributed by atoms with Crippen molar-refractivity contribution in [2.45, 2.75) is 17.4 Å². The molecule has 0 unspecified atom stereocenters. The van der Waals surface area contributed by atoms with Gasteiger partial charge in [0.1, 0.15) is 0 Å². The summed E-state index contributed by atoms with van der Waals surface area (Å²) in [6, 6.07) is 11.5. The van der Waals surface area contributed by atoms with Crippen LogP contribution in [-0.2, 0) is 16.6 Å². The second-order valence-electron chi connectivity index (χ2n) is 4.40. The maximum absolute atomic E-state index is 12.1. The van der Waals surface area contributed by atoms with Gasteiger partial charge in [-0.25, -0.2) is 0 Å². The maximum Gasteiger partial charge on any atom is 0.232 e. The van der Waals surface area contributed by atoms with Gasteiger partial charge < -0.3 is 0 Å². The molecule has 0 radical (unpaired) electrons. The van der Waals surface area contributed by atoms with Crippen LogP contribution >= 0.6 is 0 Å². The molecule has 4 heteroatoms. The number of nitrogens with zero attached hydrogens (tertiary/aromatic N) is 1. The van der Waals surface area contributed by atoms with Crippen LogP contribution in [-0.4, -0.2) is 14.7 Å². The van der Waals surface area contributed by atoms with Crippen LogP contribution in [0.2, 0.25) is 0 Å². The predicted molar refractivity (Wildman–Crippen MR) is 70.7 cm³/mol. The topological polar surface area (TPSA) is 39.1 Å². The van der Waals surface area contributed by atoms with Crippen LogP contribution in [0.1, 0.15) is 27.6 Å². The van der Waals surface area contributed by atoms with Crippen molar-refractivity contribution in [1.82, 2.24) is 4.57 Å². The Morgan fingerprint density at radius 2 is 1.94 bits per heavy atom. The van der Waals surface area contributed by atoms with E-state index in [1.807, 2.05) is 36.4 Å². The van der Waals surface area contributed by atoms with E-state index in [1.165, 1.54) is 0 Å². The van der Waals surface area contributed by atoms with Gasteiger partial charge in [-0.1, -0.05) is 24.3 Å². The van der Waals surface area contributed by atoms with Crippen molar-refractivity contribution in [3.05, 3.63) is 59.9 Å². The van der Waals surface area contributed by atoms with Crippen LogP contribution in [0.4, 0.5) is 0 Å². The normalized spacial score (nSPS) is 21.8. The lowest BCUT2D eigenvalue weighted by Crippen LogP contribution is -2.13. The van der Waals surface area contributed by atoms with Gasteiger partial charge in [0.05, 0.1) is 5.25 Å². The molecule has 0 fully saturated rings. The van der Waals surface area contributed by atoms with Gasteiger partial charge in [-0.05, 0) is 23.3 Å². The second kappa shape index (κ2) is 4.53. The second-order valence-corrected chi connectivity index (χ2v) is 6.02. The average molecular weight is 259 g/mol. The van der Waals surface area contributed by atoms with Crippen LogP contribution in [0, 0.1) is 0 Å². The molecule has 0 saturated carbocycles. The fourth-order valence-electron chi connectivity index (χ4n) is 2.34. The Bertz CT molecular complexity index is 604. The molecule has 18 heavy (non-hydrogen) atoms. The van der Waals surface area contributed by atoms with Gasteiger partial charge >= 0.3 is 0 Å². The summed E-state index contributed by atoms with van der Waals surface area (Å²) < 4.78 is 13.6. The Labute approximate surface area is 108 Å². The van der Waals surface area contributed by atoms with Gasteiger partial charge in [-0.15, -0.1) is 0 Å². The van der Waals surface area contributed by atoms with E-state index in [0.29, 0.717) is 12.2 Å². The number of carbonyl (C=O) groups excluding carboxylic acids is 1. The van der Waals surface area contributed by atoms with E-state index in [1.54, 1.807) is 17.0 Å². The molecule has 0 amide bonds. The molecule has 1 aliphatic rings. The molecule has 1 aliphatic heterocycles. The zero-order valence-electron chi connectivity index (χ0n) is 9.78. The highest BCUT2D eigenvalue weighted by molar-refractivity contribution is 7.84. The number of hydrogen-bond acceptors (Lipinski definition) is 2. The first-order chi connectivity index (χ1) is 8.75. The number of aromatic nitrogens is 1. The van der Waals surface area contributed by atoms with E-state index in [2.05, 4.69) is 0 Å². The lowest BCUT2D eigenvalue weighted by molar-refractivity contribution is 0.0902. The van der Waals surface area contributed by atoms with E-state index in [4.69, 9.17) is 0 Å². The monoisotopic (exact) mass is 259 g/mol. The number of rotatable bonds is 2. The van der Waals surface area contributed by atoms with E-state index in [0.717, 1.165) is 11.1 Å². The predicted octanol–water partition coefficient (Wildman–Crippen LogP) is 2.52. The number of fused-ring (bicyclic) bond motifs is 1. The third kappa shape index (κ3) is 1.93. The summed E-state index contributed by atoms with van der Waals surface area (Å²) in [6.07, 6.45) is 3.76. The molecule has 92 valence electrons. The Morgan fingerprint density at radius 1 is 1.22 bits per heavy atom. The van der Waals surface area contributed by atoms with Crippen LogP contribution in [0.25, 0.3) is 0 Å². The van der Waals surface area contributed by atoms with Crippen molar-refractivity contribution < 1.29 is 9.00 Å². The van der Waals surface area contributed by atoms with Gasteiger partial charge in [0.15, 0.2) is 0 Å². The smallest absolute Gasteiger partial charge is 0.232 e. The van der Waals surface area contributed by atoms with Crippen molar-refractivity contribution in [2.75, 3.05) is 0 Å². The largest absolute Gasteiger partial charge is 0.295 e. The standard InChI is InChI=1S/C14H13NO2S/c16-14(15-7-3-4-8-15)9-13-12-6-2-1-5-11(12)10-18(13)17/h1-8,13H,9-10H2/t13-,18-/m0/s1. The molecule has 0 spiro atoms. The molecule has 0 saturated heterocycles. The molecule has 0 aliphatic carbocycles. The highest BCUT2D eigenvalue weighted by atomic mass is 32.2. The van der Waals surface area contributed by atoms with Crippen molar-refractivity contribution in [2.24, 2.45) is 0 Å². The number of carbonyl (C=O) groups is 1. The summed E-state index contributed by atoms with van der Waals surface area (Å²) in [4.78, 5) is 12.0. The summed E-state index contributed by atoms with van der Waals surface area (Å²) in [5, 5.41) is -0.156. The van der Waals surface area contributed by atoms with E-state index in [9.17, 15) is 9.00 Å². The van der Waals surface area contributed by atoms with E-state index >= 15 is 0 Å². The van der Waals surface area contributed by atoms with Crippen molar-refractivity contribution in [1.29, 1.82) is 0 Å². The van der Waals surface area contributed by atoms with Crippen molar-refractivity contribution >= 4 is 16.7 Å². The number of benzene rings is 1. The third-order valence-electron chi connectivity index (χ3n) is 3.27. The van der Waals surface area contributed by atoms with E-state index in [-0.39, 0.29) is 11.2 Å². The van der Waals surface area contributed by atoms with Gasteiger partial charge in [0.25, 0.3) is 0 Å². The molecule has 0 N–H and O–H groups in total. The minimum absolute atomic E-state index is 0.00458. The molecule has 3 nitrogen and oxygen atoms in total. The third-order valence-corrected chi connectivity index (χ3v) is 4.92. The van der Waals surface area contributed by atoms with Crippen molar-refractivity contribution in [3.63, 3.8) is 0 Å². The first kappa shape index (κ1) is 11.4. The van der Waals surface area contributed by atoms with Gasteiger partial charge in [0, 0.05) is 35.4 Å². The summed E-state index contributed by atoms with van der Waals surface area (Å²) in [6.45, 7) is 0. The first-order valence-electron chi connectivity index (χ1n) is 5.87. The fourth-order valence-corrected chi connectivity index (χ4v) is 3.96. The Kier molecular flexibility index (Phi) is 2.88. The van der Waals surface area contributed by atoms with Gasteiger partial charge in [-0.2, -0.15) is 0 Å². The Balaban J connectivity index is 1.85. The lowest BCUT2D eigenvalue weighted by Gasteiger charge is -2.10. The SMILES string of the molecule is O=C(C[C@H]1c2ccccc2C[S@@]1=O)n1cccc1. The molecule has 2 atom stereocenters. The fraction of sp³-hybridized carbons (Fsp3) is 0.214. The highest BCUT2D eigenvalue weighted by Crippen LogP contribution is 2.35. The molecular formula is C14H13NO2S. The Hall–Kier alpha value is -1.68. The Morgan fingerprint density at radius 3 is 2.72 bits per heavy atom. The zero-order chi connectivity index (χ0) is 12.5. The van der Waals surface area contributed by atoms with Crippen LogP contribution in [0.3, 0.4) is 0 Å². The lowest BCUT2D eigenvalue weighted by atomic mass is 10.0. The summed E-state index contributed by atoms with van der Waals surface area (Å²) in [5.41, 5.74) is 2.18. The highest BCUT2D eigenvalue weighted by Gasteiger charge is 2.30. The maximum atomic E-state index is 12.1. The van der Waals surface area contributed by atoms with Crippen LogP contribution in [0.5, 0.6) is 0 Å². The molecule has 0 bridgehead atoms. The minimum Gasteiger partial charge on any atom is -0.295 e. The number of hydrogen-bond donors (Lipinski definition) is 0. The minimum atomic E-state index is -0.973. The molecular weight excluding hydrogens is 246 g/mol. The summed E-state index contributed by atoms with van der Waals surface area (Å²) >= 11 is 0. The van der Waals surface area contributed by atoms with Gasteiger partial charge in [0.2, 0.25) is 5.91 Å². The summed E-state index contributed by atoms with van der Waals surface area (Å²) in [5.74, 6) is 0.565. The van der Waals surface area contributed by atoms with Gasteiger partial charge in [-0.3, -0.25) is 13.6 Å². The first-order valence-corrected chi connectivity index (χ1v) is 7.25. The molecule has 2 aromatic rings. The van der Waals surface area contributed by atoms with E-state index < -0.39 is 10.8 Å². The van der Waals surface area contributed by atoms with Crippen LogP contribution < -0.4 is 0 Å². The molecule has 2 heterocycles. The molecule has 3 rings (SSSR count). The summed E-state index contributed by atoms with van der Waals surface area (Å²) in [7, 11) is -0.973. The quantitative estimate of drug-likeness (QED) is 0.831. The van der Waals surface area contributed by atoms with Crippen LogP contribution in [0.15, 0.2) is 48.8 Å².